The first-order valence-electron chi connectivity index (χ1n) is 8.23. The van der Waals surface area contributed by atoms with Crippen molar-refractivity contribution in [1.29, 1.82) is 0 Å². The van der Waals surface area contributed by atoms with Crippen molar-refractivity contribution in [1.82, 2.24) is 5.43 Å². The Bertz CT molecular complexity index is 796. The van der Waals surface area contributed by atoms with E-state index in [1.807, 2.05) is 26.0 Å². The smallest absolute Gasteiger partial charge is 0.272 e. The molecule has 0 radical (unpaired) electrons. The fourth-order valence-electron chi connectivity index (χ4n) is 2.14. The van der Waals surface area contributed by atoms with E-state index in [-0.39, 0.29) is 5.91 Å². The van der Waals surface area contributed by atoms with E-state index >= 15 is 0 Å². The van der Waals surface area contributed by atoms with E-state index in [0.29, 0.717) is 35.3 Å². The molecule has 5 nitrogen and oxygen atoms in total. The highest BCUT2D eigenvalue weighted by Crippen LogP contribution is 2.36. The van der Waals surface area contributed by atoms with Gasteiger partial charge in [-0.05, 0) is 59.1 Å². The molecule has 0 unspecified atom stereocenters. The molecule has 1 amide bonds. The van der Waals surface area contributed by atoms with Crippen molar-refractivity contribution in [2.75, 3.05) is 13.2 Å². The molecule has 0 aromatic heterocycles. The van der Waals surface area contributed by atoms with Crippen LogP contribution in [-0.4, -0.2) is 25.3 Å². The van der Waals surface area contributed by atoms with Gasteiger partial charge in [-0.2, -0.15) is 5.10 Å². The van der Waals surface area contributed by atoms with E-state index in [2.05, 4.69) is 26.5 Å². The summed E-state index contributed by atoms with van der Waals surface area (Å²) in [5.74, 6) is 0.902. The van der Waals surface area contributed by atoms with Crippen molar-refractivity contribution < 1.29 is 14.3 Å². The number of benzene rings is 2. The van der Waals surface area contributed by atoms with E-state index < -0.39 is 0 Å². The lowest BCUT2D eigenvalue weighted by molar-refractivity contribution is 0.0955. The van der Waals surface area contributed by atoms with Gasteiger partial charge in [-0.25, -0.2) is 5.43 Å². The maximum Gasteiger partial charge on any atom is 0.272 e. The standard InChI is InChI=1S/C19H20BrClN2O3/c1-3-9-26-18-15(20)10-13(11-17(18)25-4-2)12-22-23-19(24)14-7-5-6-8-16(14)21/h5-8,10-12H,3-4,9H2,1-2H3,(H,23,24)/b22-12-. The molecule has 26 heavy (non-hydrogen) atoms. The SMILES string of the molecule is CCCOc1c(Br)cc(/C=N\NC(=O)c2ccccc2Cl)cc1OCC. The van der Waals surface area contributed by atoms with Crippen LogP contribution in [-0.2, 0) is 0 Å². The van der Waals surface area contributed by atoms with Gasteiger partial charge >= 0.3 is 0 Å². The van der Waals surface area contributed by atoms with Crippen LogP contribution in [0.4, 0.5) is 0 Å². The largest absolute Gasteiger partial charge is 0.490 e. The minimum atomic E-state index is -0.376. The second kappa shape index (κ2) is 10.2. The second-order valence-corrected chi connectivity index (χ2v) is 6.55. The summed E-state index contributed by atoms with van der Waals surface area (Å²) in [7, 11) is 0. The molecule has 0 aliphatic rings. The highest BCUT2D eigenvalue weighted by molar-refractivity contribution is 9.10. The molecule has 0 saturated carbocycles. The number of nitrogens with one attached hydrogen (secondary N) is 1. The van der Waals surface area contributed by atoms with Crippen LogP contribution in [0.3, 0.4) is 0 Å². The van der Waals surface area contributed by atoms with Crippen LogP contribution in [0.15, 0.2) is 46.0 Å². The lowest BCUT2D eigenvalue weighted by Gasteiger charge is -2.14. The third kappa shape index (κ3) is 5.47. The maximum atomic E-state index is 12.1. The summed E-state index contributed by atoms with van der Waals surface area (Å²) in [6, 6.07) is 10.4. The number of halogens is 2. The first-order chi connectivity index (χ1) is 12.6. The molecule has 0 fully saturated rings. The van der Waals surface area contributed by atoms with Gasteiger partial charge in [0.2, 0.25) is 0 Å². The third-order valence-electron chi connectivity index (χ3n) is 3.28. The highest BCUT2D eigenvalue weighted by Gasteiger charge is 2.12. The maximum absolute atomic E-state index is 12.1. The van der Waals surface area contributed by atoms with Gasteiger partial charge in [0.05, 0.1) is 34.5 Å². The zero-order valence-electron chi connectivity index (χ0n) is 14.6. The Morgan fingerprint density at radius 2 is 2.04 bits per heavy atom. The Hall–Kier alpha value is -2.05. The molecule has 2 aromatic carbocycles. The summed E-state index contributed by atoms with van der Waals surface area (Å²) >= 11 is 9.49. The molecule has 138 valence electrons. The molecular formula is C19H20BrClN2O3. The minimum absolute atomic E-state index is 0.366. The molecule has 1 N–H and O–H groups in total. The van der Waals surface area contributed by atoms with Gasteiger partial charge < -0.3 is 9.47 Å². The van der Waals surface area contributed by atoms with Crippen molar-refractivity contribution in [3.05, 3.63) is 57.0 Å². The van der Waals surface area contributed by atoms with Crippen LogP contribution in [0.5, 0.6) is 11.5 Å². The fraction of sp³-hybridized carbons (Fsp3) is 0.263. The third-order valence-corrected chi connectivity index (χ3v) is 4.20. The predicted molar refractivity (Wildman–Crippen MR) is 108 cm³/mol. The zero-order chi connectivity index (χ0) is 18.9. The molecule has 0 aliphatic carbocycles. The summed E-state index contributed by atoms with van der Waals surface area (Å²) in [6.07, 6.45) is 2.43. The first kappa shape index (κ1) is 20.3. The minimum Gasteiger partial charge on any atom is -0.490 e. The van der Waals surface area contributed by atoms with Gasteiger partial charge in [0.25, 0.3) is 5.91 Å². The lowest BCUT2D eigenvalue weighted by Crippen LogP contribution is -2.17. The molecule has 0 saturated heterocycles. The average molecular weight is 440 g/mol. The molecule has 0 aliphatic heterocycles. The van der Waals surface area contributed by atoms with E-state index in [1.54, 1.807) is 24.3 Å². The second-order valence-electron chi connectivity index (χ2n) is 5.29. The molecule has 0 bridgehead atoms. The lowest BCUT2D eigenvalue weighted by atomic mass is 10.2. The topological polar surface area (TPSA) is 59.9 Å². The Labute approximate surface area is 166 Å². The number of hydrogen-bond acceptors (Lipinski definition) is 4. The number of amides is 1. The predicted octanol–water partition coefficient (Wildman–Crippen LogP) is 5.05. The molecule has 0 spiro atoms. The van der Waals surface area contributed by atoms with Gasteiger partial charge in [0.1, 0.15) is 0 Å². The summed E-state index contributed by atoms with van der Waals surface area (Å²) in [5.41, 5.74) is 3.59. The van der Waals surface area contributed by atoms with Crippen molar-refractivity contribution >= 4 is 39.7 Å². The quantitative estimate of drug-likeness (QED) is 0.462. The van der Waals surface area contributed by atoms with Gasteiger partial charge in [-0.15, -0.1) is 0 Å². The van der Waals surface area contributed by atoms with Crippen molar-refractivity contribution in [2.24, 2.45) is 5.10 Å². The van der Waals surface area contributed by atoms with Gasteiger partial charge in [-0.1, -0.05) is 30.7 Å². The molecule has 2 aromatic rings. The van der Waals surface area contributed by atoms with Gasteiger partial charge in [0.15, 0.2) is 11.5 Å². The number of ether oxygens (including phenoxy) is 2. The van der Waals surface area contributed by atoms with Gasteiger partial charge in [0, 0.05) is 0 Å². The van der Waals surface area contributed by atoms with Crippen LogP contribution >= 0.6 is 27.5 Å². The van der Waals surface area contributed by atoms with Crippen LogP contribution in [0.2, 0.25) is 5.02 Å². The van der Waals surface area contributed by atoms with Crippen molar-refractivity contribution in [2.45, 2.75) is 20.3 Å². The summed E-state index contributed by atoms with van der Waals surface area (Å²) < 4.78 is 12.1. The number of carbonyl (C=O) groups is 1. The number of rotatable bonds is 8. The van der Waals surface area contributed by atoms with Crippen molar-refractivity contribution in [3.63, 3.8) is 0 Å². The van der Waals surface area contributed by atoms with E-state index in [1.165, 1.54) is 6.21 Å². The molecule has 7 heteroatoms. The Morgan fingerprint density at radius 1 is 1.27 bits per heavy atom. The van der Waals surface area contributed by atoms with Crippen molar-refractivity contribution in [3.8, 4) is 11.5 Å². The Morgan fingerprint density at radius 3 is 2.73 bits per heavy atom. The van der Waals surface area contributed by atoms with Gasteiger partial charge in [-0.3, -0.25) is 4.79 Å². The fourth-order valence-corrected chi connectivity index (χ4v) is 2.94. The monoisotopic (exact) mass is 438 g/mol. The number of hydrogen-bond donors (Lipinski definition) is 1. The normalized spacial score (nSPS) is 10.8. The number of carbonyl (C=O) groups excluding carboxylic acids is 1. The molecule has 0 atom stereocenters. The highest BCUT2D eigenvalue weighted by atomic mass is 79.9. The molecular weight excluding hydrogens is 420 g/mol. The van der Waals surface area contributed by atoms with E-state index in [4.69, 9.17) is 21.1 Å². The number of hydrazone groups is 1. The Kier molecular flexibility index (Phi) is 7.94. The van der Waals surface area contributed by atoms with Crippen LogP contribution in [0.25, 0.3) is 0 Å². The average Bonchev–Trinajstić information content (AvgIpc) is 2.61. The summed E-state index contributed by atoms with van der Waals surface area (Å²) in [6.45, 7) is 5.05. The van der Waals surface area contributed by atoms with E-state index in [0.717, 1.165) is 16.5 Å². The van der Waals surface area contributed by atoms with Crippen LogP contribution in [0.1, 0.15) is 36.2 Å². The number of nitrogens with zero attached hydrogens (tertiary/aromatic N) is 1. The van der Waals surface area contributed by atoms with Crippen LogP contribution in [0, 0.1) is 0 Å². The zero-order valence-corrected chi connectivity index (χ0v) is 16.9. The van der Waals surface area contributed by atoms with E-state index in [9.17, 15) is 4.79 Å². The molecule has 2 rings (SSSR count). The van der Waals surface area contributed by atoms with Crippen LogP contribution < -0.4 is 14.9 Å². The summed E-state index contributed by atoms with van der Waals surface area (Å²) in [4.78, 5) is 12.1. The first-order valence-corrected chi connectivity index (χ1v) is 9.41. The molecule has 0 heterocycles. The Balaban J connectivity index is 2.14. The summed E-state index contributed by atoms with van der Waals surface area (Å²) in [5, 5.41) is 4.37.